The Labute approximate surface area is 230 Å². The number of hydrogen-bond acceptors (Lipinski definition) is 7. The number of nitrogens with two attached hydrogens (primary N) is 1. The number of halogens is 8. The Kier molecular flexibility index (Phi) is 9.02. The minimum atomic E-state index is -4.48. The lowest BCUT2D eigenvalue weighted by Gasteiger charge is -2.40. The third-order valence-corrected chi connectivity index (χ3v) is 5.97. The molecule has 39 heavy (non-hydrogen) atoms. The van der Waals surface area contributed by atoms with E-state index >= 15 is 0 Å². The van der Waals surface area contributed by atoms with E-state index in [0.717, 1.165) is 24.5 Å². The van der Waals surface area contributed by atoms with Gasteiger partial charge >= 0.3 is 18.4 Å². The summed E-state index contributed by atoms with van der Waals surface area (Å²) in [6.45, 7) is 7.20. The highest BCUT2D eigenvalue weighted by Gasteiger charge is 2.35. The number of carbonyl (C=O) groups excluding carboxylic acids is 1. The van der Waals surface area contributed by atoms with Crippen LogP contribution in [0, 0.1) is 0 Å². The number of aromatic nitrogens is 2. The largest absolute Gasteiger partial charge is 0.444 e. The second-order valence-electron chi connectivity index (χ2n) is 9.97. The topological polar surface area (TPSA) is 96.6 Å². The molecule has 0 unspecified atom stereocenters. The Morgan fingerprint density at radius 1 is 0.897 bits per heavy atom. The van der Waals surface area contributed by atoms with Crippen LogP contribution in [0.25, 0.3) is 0 Å². The van der Waals surface area contributed by atoms with Gasteiger partial charge in [0.05, 0.1) is 27.2 Å². The van der Waals surface area contributed by atoms with Gasteiger partial charge in [0, 0.05) is 44.6 Å². The molecule has 0 aromatic carbocycles. The summed E-state index contributed by atoms with van der Waals surface area (Å²) >= 11 is 11.6. The van der Waals surface area contributed by atoms with Gasteiger partial charge in [0.1, 0.15) is 17.2 Å². The average molecular weight is 603 g/mol. The molecule has 2 aliphatic heterocycles. The summed E-state index contributed by atoms with van der Waals surface area (Å²) < 4.78 is 79.8. The van der Waals surface area contributed by atoms with Crippen molar-refractivity contribution in [3.05, 3.63) is 45.7 Å². The van der Waals surface area contributed by atoms with E-state index in [4.69, 9.17) is 33.7 Å². The summed E-state index contributed by atoms with van der Waals surface area (Å²) in [4.78, 5) is 22.5. The van der Waals surface area contributed by atoms with Gasteiger partial charge < -0.3 is 25.6 Å². The summed E-state index contributed by atoms with van der Waals surface area (Å²) in [5.41, 5.74) is 3.24. The van der Waals surface area contributed by atoms with E-state index < -0.39 is 35.2 Å². The monoisotopic (exact) mass is 602 g/mol. The van der Waals surface area contributed by atoms with E-state index in [1.54, 1.807) is 30.6 Å². The zero-order valence-corrected chi connectivity index (χ0v) is 22.5. The molecule has 2 aliphatic rings. The highest BCUT2D eigenvalue weighted by atomic mass is 35.5. The average Bonchev–Trinajstić information content (AvgIpc) is 2.72. The SMILES string of the molecule is CC(C)(C)OC(=O)NC1CN(c2ncc(C(F)(F)F)cc2Cl)C1.NC1CN(c2ncc(C(F)(F)F)cc2Cl)C1. The molecule has 2 aromatic rings. The van der Waals surface area contributed by atoms with Gasteiger partial charge in [-0.1, -0.05) is 23.2 Å². The van der Waals surface area contributed by atoms with Crippen molar-refractivity contribution in [1.29, 1.82) is 0 Å². The number of ether oxygens (including phenoxy) is 1. The van der Waals surface area contributed by atoms with Crippen LogP contribution in [0.15, 0.2) is 24.5 Å². The van der Waals surface area contributed by atoms with Crippen molar-refractivity contribution in [2.75, 3.05) is 36.0 Å². The highest BCUT2D eigenvalue weighted by molar-refractivity contribution is 6.33. The first kappa shape index (κ1) is 30.8. The normalized spacial score (nSPS) is 16.6. The number of nitrogens with zero attached hydrogens (tertiary/aromatic N) is 4. The number of carbonyl (C=O) groups is 1. The van der Waals surface area contributed by atoms with Gasteiger partial charge in [0.2, 0.25) is 0 Å². The Morgan fingerprint density at radius 2 is 1.31 bits per heavy atom. The number of rotatable bonds is 3. The lowest BCUT2D eigenvalue weighted by atomic mass is 10.1. The summed E-state index contributed by atoms with van der Waals surface area (Å²) in [7, 11) is 0. The van der Waals surface area contributed by atoms with E-state index in [1.807, 2.05) is 0 Å². The molecule has 1 amide bonds. The van der Waals surface area contributed by atoms with E-state index in [2.05, 4.69) is 15.3 Å². The van der Waals surface area contributed by atoms with Crippen molar-refractivity contribution in [3.63, 3.8) is 0 Å². The maximum absolute atomic E-state index is 12.6. The molecule has 3 N–H and O–H groups in total. The molecule has 0 saturated carbocycles. The number of hydrogen-bond donors (Lipinski definition) is 2. The molecule has 2 fully saturated rings. The number of amides is 1. The molecule has 2 saturated heterocycles. The molecular formula is C23H26Cl2F6N6O2. The number of anilines is 2. The maximum Gasteiger partial charge on any atom is 0.417 e. The van der Waals surface area contributed by atoms with Gasteiger partial charge in [-0.3, -0.25) is 0 Å². The van der Waals surface area contributed by atoms with Crippen molar-refractivity contribution < 1.29 is 35.9 Å². The molecule has 2 aromatic heterocycles. The molecule has 16 heteroatoms. The number of pyridine rings is 2. The number of alkyl halides is 6. The Hall–Kier alpha value is -2.71. The number of alkyl carbamates (subject to hydrolysis) is 1. The van der Waals surface area contributed by atoms with Crippen LogP contribution >= 0.6 is 23.2 Å². The van der Waals surface area contributed by atoms with Crippen molar-refractivity contribution >= 4 is 40.9 Å². The molecule has 4 heterocycles. The molecule has 8 nitrogen and oxygen atoms in total. The van der Waals surface area contributed by atoms with Crippen molar-refractivity contribution in [2.24, 2.45) is 5.73 Å². The molecule has 4 rings (SSSR count). The van der Waals surface area contributed by atoms with Gasteiger partial charge in [-0.15, -0.1) is 0 Å². The van der Waals surface area contributed by atoms with Crippen LogP contribution in [-0.4, -0.2) is 59.9 Å². The van der Waals surface area contributed by atoms with E-state index in [-0.39, 0.29) is 27.9 Å². The predicted molar refractivity (Wildman–Crippen MR) is 134 cm³/mol. The number of nitrogens with one attached hydrogen (secondary N) is 1. The van der Waals surface area contributed by atoms with Crippen LogP contribution in [0.4, 0.5) is 42.8 Å². The fourth-order valence-electron chi connectivity index (χ4n) is 3.54. The lowest BCUT2D eigenvalue weighted by molar-refractivity contribution is -0.138. The Balaban J connectivity index is 0.000000230. The van der Waals surface area contributed by atoms with Crippen LogP contribution in [0.3, 0.4) is 0 Å². The summed E-state index contributed by atoms with van der Waals surface area (Å²) in [5.74, 6) is 0.623. The summed E-state index contributed by atoms with van der Waals surface area (Å²) in [6.07, 6.45) is -7.90. The molecule has 216 valence electrons. The summed E-state index contributed by atoms with van der Waals surface area (Å²) in [5, 5.41) is 2.60. The second kappa shape index (κ2) is 11.4. The molecule has 0 atom stereocenters. The quantitative estimate of drug-likeness (QED) is 0.456. The van der Waals surface area contributed by atoms with Crippen LogP contribution in [0.5, 0.6) is 0 Å². The van der Waals surface area contributed by atoms with Gasteiger partial charge in [0.25, 0.3) is 0 Å². The molecule has 0 bridgehead atoms. The first-order valence-electron chi connectivity index (χ1n) is 11.5. The smallest absolute Gasteiger partial charge is 0.417 e. The van der Waals surface area contributed by atoms with Crippen molar-refractivity contribution in [3.8, 4) is 0 Å². The Bertz CT molecular complexity index is 1180. The van der Waals surface area contributed by atoms with E-state index in [9.17, 15) is 31.1 Å². The van der Waals surface area contributed by atoms with Crippen LogP contribution in [-0.2, 0) is 17.1 Å². The minimum Gasteiger partial charge on any atom is -0.444 e. The summed E-state index contributed by atoms with van der Waals surface area (Å²) in [6, 6.07) is 1.61. The van der Waals surface area contributed by atoms with Gasteiger partial charge in [-0.05, 0) is 32.9 Å². The molecule has 0 radical (unpaired) electrons. The lowest BCUT2D eigenvalue weighted by Crippen LogP contribution is -2.60. The van der Waals surface area contributed by atoms with Crippen LogP contribution < -0.4 is 20.9 Å². The van der Waals surface area contributed by atoms with Crippen molar-refractivity contribution in [2.45, 2.75) is 50.8 Å². The zero-order valence-electron chi connectivity index (χ0n) is 21.0. The van der Waals surface area contributed by atoms with Gasteiger partial charge in [-0.25, -0.2) is 14.8 Å². The van der Waals surface area contributed by atoms with E-state index in [1.165, 1.54) is 0 Å². The second-order valence-corrected chi connectivity index (χ2v) is 10.8. The first-order valence-corrected chi connectivity index (χ1v) is 12.3. The third-order valence-electron chi connectivity index (χ3n) is 5.41. The van der Waals surface area contributed by atoms with Gasteiger partial charge in [-0.2, -0.15) is 26.3 Å². The van der Waals surface area contributed by atoms with Crippen LogP contribution in [0.1, 0.15) is 31.9 Å². The zero-order chi connectivity index (χ0) is 29.3. The maximum atomic E-state index is 12.6. The minimum absolute atomic E-state index is 0.00160. The third kappa shape index (κ3) is 8.39. The Morgan fingerprint density at radius 3 is 1.64 bits per heavy atom. The molecule has 0 spiro atoms. The first-order chi connectivity index (χ1) is 17.8. The fraction of sp³-hybridized carbons (Fsp3) is 0.522. The molecule has 0 aliphatic carbocycles. The van der Waals surface area contributed by atoms with Crippen LogP contribution in [0.2, 0.25) is 10.0 Å². The van der Waals surface area contributed by atoms with Crippen molar-refractivity contribution in [1.82, 2.24) is 15.3 Å². The van der Waals surface area contributed by atoms with Gasteiger partial charge in [0.15, 0.2) is 0 Å². The standard InChI is InChI=1S/C14H17ClF3N3O2.C9H9ClF3N3/c1-13(2,3)23-12(22)20-9-6-21(7-9)11-10(15)4-8(5-19-11)14(16,17)18;10-7-1-5(9(11,12)13)2-15-8(7)16-3-6(14)4-16/h4-5,9H,6-7H2,1-3H3,(H,20,22);1-2,6H,3-4,14H2. The molecular weight excluding hydrogens is 577 g/mol. The van der Waals surface area contributed by atoms with E-state index in [0.29, 0.717) is 32.0 Å². The predicted octanol–water partition coefficient (Wildman–Crippen LogP) is 5.37. The highest BCUT2D eigenvalue weighted by Crippen LogP contribution is 2.35. The fourth-order valence-corrected chi connectivity index (χ4v) is 4.11.